The molecule has 0 spiro atoms. The smallest absolute Gasteiger partial charge is 0.243 e. The molecule has 1 aromatic rings. The highest BCUT2D eigenvalue weighted by Gasteiger charge is 2.23. The molecule has 1 aromatic carbocycles. The van der Waals surface area contributed by atoms with Crippen molar-refractivity contribution in [1.82, 2.24) is 10.6 Å². The number of hydrogen-bond donors (Lipinski definition) is 3. The highest BCUT2D eigenvalue weighted by atomic mass is 19.1. The van der Waals surface area contributed by atoms with Gasteiger partial charge in [0.15, 0.2) is 0 Å². The first-order valence-corrected chi connectivity index (χ1v) is 6.41. The van der Waals surface area contributed by atoms with Crippen molar-refractivity contribution in [3.05, 3.63) is 35.6 Å². The van der Waals surface area contributed by atoms with Gasteiger partial charge in [-0.25, -0.2) is 4.39 Å². The van der Waals surface area contributed by atoms with Crippen molar-refractivity contribution in [2.45, 2.75) is 32.4 Å². The molecule has 2 atom stereocenters. The number of nitrogens with one attached hydrogen (secondary N) is 2. The molecule has 0 aliphatic rings. The first-order valence-electron chi connectivity index (χ1n) is 6.41. The highest BCUT2D eigenvalue weighted by Crippen LogP contribution is 2.07. The molecule has 3 amide bonds. The van der Waals surface area contributed by atoms with Gasteiger partial charge in [-0.3, -0.25) is 14.4 Å². The molecule has 0 aliphatic carbocycles. The molecule has 0 radical (unpaired) electrons. The van der Waals surface area contributed by atoms with Crippen LogP contribution in [0.3, 0.4) is 0 Å². The van der Waals surface area contributed by atoms with Gasteiger partial charge in [-0.2, -0.15) is 0 Å². The van der Waals surface area contributed by atoms with Gasteiger partial charge in [-0.15, -0.1) is 0 Å². The summed E-state index contributed by atoms with van der Waals surface area (Å²) in [6.45, 7) is 2.70. The summed E-state index contributed by atoms with van der Waals surface area (Å²) in [6.07, 6.45) is 0.106. The highest BCUT2D eigenvalue weighted by molar-refractivity contribution is 5.91. The van der Waals surface area contributed by atoms with Crippen molar-refractivity contribution in [1.29, 1.82) is 0 Å². The predicted octanol–water partition coefficient (Wildman–Crippen LogP) is -0.137. The van der Waals surface area contributed by atoms with Crippen LogP contribution in [0.4, 0.5) is 4.39 Å². The zero-order valence-electron chi connectivity index (χ0n) is 11.9. The van der Waals surface area contributed by atoms with Gasteiger partial charge in [0.25, 0.3) is 0 Å². The van der Waals surface area contributed by atoms with E-state index in [-0.39, 0.29) is 6.42 Å². The van der Waals surface area contributed by atoms with E-state index in [0.29, 0.717) is 5.56 Å². The van der Waals surface area contributed by atoms with Crippen molar-refractivity contribution in [3.8, 4) is 0 Å². The van der Waals surface area contributed by atoms with Crippen molar-refractivity contribution < 1.29 is 18.8 Å². The quantitative estimate of drug-likeness (QED) is 0.681. The molecule has 0 aromatic heterocycles. The Morgan fingerprint density at radius 3 is 2.48 bits per heavy atom. The molecule has 0 saturated carbocycles. The lowest BCUT2D eigenvalue weighted by atomic mass is 10.0. The molecule has 114 valence electrons. The van der Waals surface area contributed by atoms with Crippen LogP contribution in [0.25, 0.3) is 0 Å². The van der Waals surface area contributed by atoms with Crippen molar-refractivity contribution in [3.63, 3.8) is 0 Å². The minimum Gasteiger partial charge on any atom is -0.368 e. The zero-order chi connectivity index (χ0) is 16.0. The maximum absolute atomic E-state index is 13.1. The summed E-state index contributed by atoms with van der Waals surface area (Å²) >= 11 is 0. The molecule has 0 bridgehead atoms. The fourth-order valence-electron chi connectivity index (χ4n) is 1.74. The van der Waals surface area contributed by atoms with E-state index in [9.17, 15) is 18.8 Å². The van der Waals surface area contributed by atoms with E-state index in [1.165, 1.54) is 32.0 Å². The maximum atomic E-state index is 13.1. The molecule has 4 N–H and O–H groups in total. The van der Waals surface area contributed by atoms with Crippen molar-refractivity contribution >= 4 is 17.7 Å². The number of primary amides is 1. The van der Waals surface area contributed by atoms with E-state index in [1.807, 2.05) is 0 Å². The second-order valence-corrected chi connectivity index (χ2v) is 4.72. The molecule has 1 rings (SSSR count). The van der Waals surface area contributed by atoms with Crippen LogP contribution in [0.2, 0.25) is 0 Å². The Morgan fingerprint density at radius 1 is 1.29 bits per heavy atom. The average molecular weight is 295 g/mol. The number of halogens is 1. The van der Waals surface area contributed by atoms with Crippen LogP contribution < -0.4 is 16.4 Å². The van der Waals surface area contributed by atoms with E-state index in [2.05, 4.69) is 10.6 Å². The molecule has 0 aliphatic heterocycles. The van der Waals surface area contributed by atoms with Crippen molar-refractivity contribution in [2.75, 3.05) is 0 Å². The van der Waals surface area contributed by atoms with Gasteiger partial charge < -0.3 is 16.4 Å². The SMILES string of the molecule is CC(=O)N[C@@H](Cc1cccc(F)c1)C(=O)N[C@H](C)C(N)=O. The number of carbonyl (C=O) groups excluding carboxylic acids is 3. The molecule has 6 nitrogen and oxygen atoms in total. The first-order chi connectivity index (χ1) is 9.79. The Balaban J connectivity index is 2.82. The van der Waals surface area contributed by atoms with Gasteiger partial charge in [0.2, 0.25) is 17.7 Å². The van der Waals surface area contributed by atoms with Crippen LogP contribution in [-0.4, -0.2) is 29.8 Å². The molecule has 0 fully saturated rings. The van der Waals surface area contributed by atoms with E-state index in [1.54, 1.807) is 6.07 Å². The normalized spacial score (nSPS) is 13.1. The van der Waals surface area contributed by atoms with Crippen LogP contribution in [0.1, 0.15) is 19.4 Å². The first kappa shape index (κ1) is 16.6. The topological polar surface area (TPSA) is 101 Å². The Bertz CT molecular complexity index is 548. The van der Waals surface area contributed by atoms with Gasteiger partial charge >= 0.3 is 0 Å². The third kappa shape index (κ3) is 5.60. The summed E-state index contributed by atoms with van der Waals surface area (Å²) in [6, 6.07) is 3.95. The van der Waals surface area contributed by atoms with Gasteiger partial charge in [0.1, 0.15) is 17.9 Å². The second kappa shape index (κ2) is 7.37. The van der Waals surface area contributed by atoms with Crippen LogP contribution in [0.5, 0.6) is 0 Å². The third-order valence-corrected chi connectivity index (χ3v) is 2.81. The minimum absolute atomic E-state index is 0.106. The molecule has 0 saturated heterocycles. The average Bonchev–Trinajstić information content (AvgIpc) is 2.37. The predicted molar refractivity (Wildman–Crippen MR) is 74.5 cm³/mol. The number of hydrogen-bond acceptors (Lipinski definition) is 3. The van der Waals surface area contributed by atoms with Gasteiger partial charge in [-0.1, -0.05) is 12.1 Å². The fraction of sp³-hybridized carbons (Fsp3) is 0.357. The molecule has 0 heterocycles. The summed E-state index contributed by atoms with van der Waals surface area (Å²) in [7, 11) is 0. The maximum Gasteiger partial charge on any atom is 0.243 e. The van der Waals surface area contributed by atoms with Gasteiger partial charge in [-0.05, 0) is 24.6 Å². The minimum atomic E-state index is -0.911. The van der Waals surface area contributed by atoms with Crippen LogP contribution >= 0.6 is 0 Å². The second-order valence-electron chi connectivity index (χ2n) is 4.72. The molecular formula is C14H18FN3O3. The number of carbonyl (C=O) groups is 3. The Morgan fingerprint density at radius 2 is 1.95 bits per heavy atom. The van der Waals surface area contributed by atoms with E-state index < -0.39 is 35.6 Å². The Labute approximate surface area is 121 Å². The van der Waals surface area contributed by atoms with E-state index in [0.717, 1.165) is 0 Å². The standard InChI is InChI=1S/C14H18FN3O3/c1-8(13(16)20)17-14(21)12(18-9(2)19)7-10-4-3-5-11(15)6-10/h3-6,8,12H,7H2,1-2H3,(H2,16,20)(H,17,21)(H,18,19)/t8-,12+/m1/s1. The monoisotopic (exact) mass is 295 g/mol. The molecule has 0 unspecified atom stereocenters. The summed E-state index contributed by atoms with van der Waals surface area (Å²) < 4.78 is 13.1. The Hall–Kier alpha value is -2.44. The van der Waals surface area contributed by atoms with Crippen LogP contribution in [0, 0.1) is 5.82 Å². The summed E-state index contributed by atoms with van der Waals surface area (Å²) in [5, 5.41) is 4.86. The van der Waals surface area contributed by atoms with Crippen LogP contribution in [0.15, 0.2) is 24.3 Å². The van der Waals surface area contributed by atoms with Crippen LogP contribution in [-0.2, 0) is 20.8 Å². The molecule has 7 heteroatoms. The molecule has 21 heavy (non-hydrogen) atoms. The summed E-state index contributed by atoms with van der Waals surface area (Å²) in [5.74, 6) is -2.07. The summed E-state index contributed by atoms with van der Waals surface area (Å²) in [5.41, 5.74) is 5.62. The fourth-order valence-corrected chi connectivity index (χ4v) is 1.74. The van der Waals surface area contributed by atoms with Gasteiger partial charge in [0, 0.05) is 13.3 Å². The number of rotatable bonds is 6. The third-order valence-electron chi connectivity index (χ3n) is 2.81. The Kier molecular flexibility index (Phi) is 5.83. The van der Waals surface area contributed by atoms with Crippen molar-refractivity contribution in [2.24, 2.45) is 5.73 Å². The molecular weight excluding hydrogens is 277 g/mol. The lowest BCUT2D eigenvalue weighted by Crippen LogP contribution is -2.52. The number of nitrogens with two attached hydrogens (primary N) is 1. The lowest BCUT2D eigenvalue weighted by Gasteiger charge is -2.19. The van der Waals surface area contributed by atoms with E-state index in [4.69, 9.17) is 5.73 Å². The van der Waals surface area contributed by atoms with Gasteiger partial charge in [0.05, 0.1) is 0 Å². The zero-order valence-corrected chi connectivity index (χ0v) is 11.9. The largest absolute Gasteiger partial charge is 0.368 e. The van der Waals surface area contributed by atoms with E-state index >= 15 is 0 Å². The number of benzene rings is 1. The number of amides is 3. The summed E-state index contributed by atoms with van der Waals surface area (Å²) in [4.78, 5) is 34.2. The lowest BCUT2D eigenvalue weighted by molar-refractivity contribution is -0.130.